The molecule has 3 fully saturated rings. The summed E-state index contributed by atoms with van der Waals surface area (Å²) in [6.45, 7) is 2.56. The summed E-state index contributed by atoms with van der Waals surface area (Å²) >= 11 is 0. The van der Waals surface area contributed by atoms with Crippen molar-refractivity contribution in [1.82, 2.24) is 15.1 Å². The van der Waals surface area contributed by atoms with Crippen LogP contribution in [0, 0.1) is 5.92 Å². The molecule has 1 aromatic heterocycles. The van der Waals surface area contributed by atoms with E-state index in [1.165, 1.54) is 0 Å². The van der Waals surface area contributed by atoms with Gasteiger partial charge in [-0.2, -0.15) is 5.10 Å². The molecule has 2 heterocycles. The highest BCUT2D eigenvalue weighted by atomic mass is 16.5. The second-order valence-corrected chi connectivity index (χ2v) is 9.53. The fourth-order valence-electron chi connectivity index (χ4n) is 4.61. The minimum absolute atomic E-state index is 0.0175. The first-order chi connectivity index (χ1) is 17.8. The Morgan fingerprint density at radius 2 is 2.00 bits per heavy atom. The van der Waals surface area contributed by atoms with Crippen molar-refractivity contribution in [1.29, 1.82) is 0 Å². The summed E-state index contributed by atoms with van der Waals surface area (Å²) < 4.78 is 13.8. The van der Waals surface area contributed by atoms with Gasteiger partial charge in [0.25, 0.3) is 0 Å². The molecule has 3 aliphatic rings. The Balaban J connectivity index is 0.00000102. The number of nitrogens with two attached hydrogens (primary N) is 3. The molecule has 2 amide bonds. The zero-order chi connectivity index (χ0) is 26.6. The number of hydrogen-bond donors (Lipinski definition) is 5. The monoisotopic (exact) mass is 509 g/mol. The molecular weight excluding hydrogens is 474 g/mol. The molecule has 2 aliphatic carbocycles. The fraction of sp³-hybridized carbons (Fsp3) is 0.423. The SMILES string of the molecule is COc1c(NC(/C=C(\N)NC(=O)C2CC2)=C(\C)N)cccc1-c1cnn(C2CCOC23CC3)c1.NC=O. The van der Waals surface area contributed by atoms with Gasteiger partial charge in [0.05, 0.1) is 36.3 Å². The predicted molar refractivity (Wildman–Crippen MR) is 140 cm³/mol. The first-order valence-electron chi connectivity index (χ1n) is 12.3. The van der Waals surface area contributed by atoms with Gasteiger partial charge >= 0.3 is 0 Å². The van der Waals surface area contributed by atoms with Crippen LogP contribution in [0.25, 0.3) is 11.1 Å². The van der Waals surface area contributed by atoms with Crippen LogP contribution in [0.2, 0.25) is 0 Å². The van der Waals surface area contributed by atoms with E-state index in [0.29, 0.717) is 17.1 Å². The van der Waals surface area contributed by atoms with E-state index in [4.69, 9.17) is 25.7 Å². The number of rotatable bonds is 8. The molecule has 1 saturated heterocycles. The Labute approximate surface area is 216 Å². The third kappa shape index (κ3) is 5.88. The van der Waals surface area contributed by atoms with E-state index >= 15 is 0 Å². The predicted octanol–water partition coefficient (Wildman–Crippen LogP) is 2.08. The molecule has 1 unspecified atom stereocenters. The second kappa shape index (κ2) is 11.0. The first-order valence-corrected chi connectivity index (χ1v) is 12.3. The first kappa shape index (κ1) is 26.1. The van der Waals surface area contributed by atoms with Crippen molar-refractivity contribution in [3.8, 4) is 16.9 Å². The Morgan fingerprint density at radius 1 is 1.27 bits per heavy atom. The third-order valence-corrected chi connectivity index (χ3v) is 6.79. The quantitative estimate of drug-likeness (QED) is 0.266. The number of para-hydroxylation sites is 1. The number of hydrogen-bond acceptors (Lipinski definition) is 8. The van der Waals surface area contributed by atoms with Gasteiger partial charge in [0.2, 0.25) is 12.3 Å². The lowest BCUT2D eigenvalue weighted by atomic mass is 10.1. The molecule has 11 heteroatoms. The molecule has 1 aromatic carbocycles. The zero-order valence-electron chi connectivity index (χ0n) is 21.2. The van der Waals surface area contributed by atoms with Gasteiger partial charge < -0.3 is 37.3 Å². The molecule has 1 atom stereocenters. The number of allylic oxidation sites excluding steroid dienone is 2. The van der Waals surface area contributed by atoms with Crippen LogP contribution in [0.1, 0.15) is 45.1 Å². The van der Waals surface area contributed by atoms with Crippen molar-refractivity contribution in [3.05, 3.63) is 53.9 Å². The molecule has 2 saturated carbocycles. The summed E-state index contributed by atoms with van der Waals surface area (Å²) in [6.07, 6.45) is 10.8. The summed E-state index contributed by atoms with van der Waals surface area (Å²) in [5, 5.41) is 10.7. The van der Waals surface area contributed by atoms with Crippen LogP contribution >= 0.6 is 0 Å². The number of aromatic nitrogens is 2. The number of primary amides is 1. The number of benzene rings is 1. The maximum absolute atomic E-state index is 12.0. The molecule has 1 aliphatic heterocycles. The minimum atomic E-state index is -0.0556. The summed E-state index contributed by atoms with van der Waals surface area (Å²) in [7, 11) is 1.64. The number of anilines is 1. The molecule has 37 heavy (non-hydrogen) atoms. The Kier molecular flexibility index (Phi) is 7.72. The number of nitrogens with zero attached hydrogens (tertiary/aromatic N) is 2. The largest absolute Gasteiger partial charge is 0.494 e. The van der Waals surface area contributed by atoms with E-state index < -0.39 is 0 Å². The maximum Gasteiger partial charge on any atom is 0.228 e. The van der Waals surface area contributed by atoms with Gasteiger partial charge in [-0.3, -0.25) is 14.3 Å². The van der Waals surface area contributed by atoms with Crippen molar-refractivity contribution in [2.24, 2.45) is 23.1 Å². The highest BCUT2D eigenvalue weighted by Crippen LogP contribution is 2.53. The number of carbonyl (C=O) groups is 2. The molecular formula is C26H35N7O4. The Bertz CT molecular complexity index is 1210. The number of carbonyl (C=O) groups excluding carboxylic acids is 2. The van der Waals surface area contributed by atoms with Crippen molar-refractivity contribution >= 4 is 18.0 Å². The molecule has 8 N–H and O–H groups in total. The Hall–Kier alpha value is -3.99. The van der Waals surface area contributed by atoms with Gasteiger partial charge in [-0.05, 0) is 45.1 Å². The molecule has 11 nitrogen and oxygen atoms in total. The number of amides is 2. The second-order valence-electron chi connectivity index (χ2n) is 9.53. The summed E-state index contributed by atoms with van der Waals surface area (Å²) in [5.74, 6) is 0.918. The lowest BCUT2D eigenvalue weighted by Gasteiger charge is -2.18. The van der Waals surface area contributed by atoms with Crippen LogP contribution in [-0.2, 0) is 14.3 Å². The molecule has 198 valence electrons. The normalized spacial score (nSPS) is 20.4. The zero-order valence-corrected chi connectivity index (χ0v) is 21.2. The molecule has 0 radical (unpaired) electrons. The molecule has 1 spiro atoms. The minimum Gasteiger partial charge on any atom is -0.494 e. The lowest BCUT2D eigenvalue weighted by Crippen LogP contribution is -2.29. The van der Waals surface area contributed by atoms with Gasteiger partial charge in [-0.15, -0.1) is 0 Å². The smallest absolute Gasteiger partial charge is 0.228 e. The highest BCUT2D eigenvalue weighted by molar-refractivity contribution is 5.82. The van der Waals surface area contributed by atoms with Crippen molar-refractivity contribution < 1.29 is 19.1 Å². The van der Waals surface area contributed by atoms with Crippen molar-refractivity contribution in [2.75, 3.05) is 19.0 Å². The maximum atomic E-state index is 12.0. The average Bonchev–Trinajstić information content (AvgIpc) is 3.76. The van der Waals surface area contributed by atoms with Crippen molar-refractivity contribution in [3.63, 3.8) is 0 Å². The van der Waals surface area contributed by atoms with Crippen LogP contribution in [0.4, 0.5) is 5.69 Å². The van der Waals surface area contributed by atoms with Gasteiger partial charge in [-0.1, -0.05) is 12.1 Å². The standard InChI is InChI=1S/C25H32N6O3.CH3NO/c1-15(26)20(12-22(27)30-24(32)16-6-7-16)29-19-5-3-4-18(23(19)33-2)17-13-28-31(14-17)21-8-11-34-25(21)9-10-25;2-1-3/h3-5,12-14,16,21,29H,6-11,26-27H2,1-2H3,(H,30,32);1H,(H2,2,3)/b20-15+,22-12+;. The van der Waals surface area contributed by atoms with E-state index in [0.717, 1.165) is 55.5 Å². The van der Waals surface area contributed by atoms with E-state index in [9.17, 15) is 4.79 Å². The summed E-state index contributed by atoms with van der Waals surface area (Å²) in [6, 6.07) is 6.14. The van der Waals surface area contributed by atoms with Gasteiger partial charge in [-0.25, -0.2) is 0 Å². The van der Waals surface area contributed by atoms with Crippen LogP contribution in [-0.4, -0.2) is 41.4 Å². The fourth-order valence-corrected chi connectivity index (χ4v) is 4.61. The van der Waals surface area contributed by atoms with Crippen LogP contribution in [0.5, 0.6) is 5.75 Å². The van der Waals surface area contributed by atoms with Gasteiger partial charge in [0.1, 0.15) is 11.6 Å². The van der Waals surface area contributed by atoms with E-state index in [2.05, 4.69) is 27.7 Å². The van der Waals surface area contributed by atoms with Gasteiger partial charge in [0.15, 0.2) is 0 Å². The molecule has 0 bridgehead atoms. The van der Waals surface area contributed by atoms with Crippen molar-refractivity contribution in [2.45, 2.75) is 50.7 Å². The number of nitrogens with one attached hydrogen (secondary N) is 2. The van der Waals surface area contributed by atoms with Gasteiger partial charge in [0, 0.05) is 41.6 Å². The number of methoxy groups -OCH3 is 1. The average molecular weight is 510 g/mol. The summed E-state index contributed by atoms with van der Waals surface area (Å²) in [4.78, 5) is 20.6. The van der Waals surface area contributed by atoms with Crippen LogP contribution in [0.15, 0.2) is 53.9 Å². The third-order valence-electron chi connectivity index (χ3n) is 6.79. The lowest BCUT2D eigenvalue weighted by molar-refractivity contribution is -0.121. The van der Waals surface area contributed by atoms with E-state index in [1.54, 1.807) is 20.1 Å². The number of ether oxygens (including phenoxy) is 2. The van der Waals surface area contributed by atoms with E-state index in [-0.39, 0.29) is 35.7 Å². The molecule has 5 rings (SSSR count). The highest BCUT2D eigenvalue weighted by Gasteiger charge is 2.55. The molecule has 2 aromatic rings. The summed E-state index contributed by atoms with van der Waals surface area (Å²) in [5.41, 5.74) is 20.0. The Morgan fingerprint density at radius 3 is 2.62 bits per heavy atom. The topological polar surface area (TPSA) is 173 Å². The van der Waals surface area contributed by atoms with Crippen LogP contribution < -0.4 is 32.6 Å². The van der Waals surface area contributed by atoms with Crippen LogP contribution in [0.3, 0.4) is 0 Å². The van der Waals surface area contributed by atoms with E-state index in [1.807, 2.05) is 29.1 Å².